The Balaban J connectivity index is 2.88. The Morgan fingerprint density at radius 1 is 0.421 bits per heavy atom. The second-order valence-corrected chi connectivity index (χ2v) is 5.53. The first-order valence-electron chi connectivity index (χ1n) is 8.66. The molecule has 116 valence electrons. The van der Waals surface area contributed by atoms with Crippen molar-refractivity contribution in [3.8, 4) is 0 Å². The van der Waals surface area contributed by atoms with Crippen LogP contribution < -0.4 is 0 Å². The van der Waals surface area contributed by atoms with Crippen LogP contribution >= 0.6 is 0 Å². The van der Waals surface area contributed by atoms with Gasteiger partial charge in [-0.3, -0.25) is 0 Å². The maximum Gasteiger partial charge on any atom is 0.0822 e. The summed E-state index contributed by atoms with van der Waals surface area (Å²) in [6.07, 6.45) is 17.1. The molecule has 2 nitrogen and oxygen atoms in total. The molecule has 0 aromatic rings. The van der Waals surface area contributed by atoms with Gasteiger partial charge in [-0.25, -0.2) is 9.78 Å². The predicted octanol–water partition coefficient (Wildman–Crippen LogP) is 6.05. The van der Waals surface area contributed by atoms with Crippen molar-refractivity contribution in [3.63, 3.8) is 0 Å². The summed E-state index contributed by atoms with van der Waals surface area (Å²) in [4.78, 5) is 10.4. The van der Waals surface area contributed by atoms with Gasteiger partial charge >= 0.3 is 0 Å². The third-order valence-corrected chi connectivity index (χ3v) is 3.50. The van der Waals surface area contributed by atoms with E-state index in [9.17, 15) is 0 Å². The molecular formula is C17H36O2. The highest BCUT2D eigenvalue weighted by atomic mass is 17.2. The van der Waals surface area contributed by atoms with Crippen molar-refractivity contribution < 1.29 is 9.78 Å². The van der Waals surface area contributed by atoms with E-state index >= 15 is 0 Å². The van der Waals surface area contributed by atoms with Crippen LogP contribution in [0.1, 0.15) is 97.3 Å². The first kappa shape index (κ1) is 18.9. The smallest absolute Gasteiger partial charge is 0.0822 e. The Labute approximate surface area is 121 Å². The fourth-order valence-electron chi connectivity index (χ4n) is 2.18. The SMILES string of the molecule is CCCCCCCCCOOCCCCCCCC. The first-order chi connectivity index (χ1) is 9.41. The molecule has 19 heavy (non-hydrogen) atoms. The van der Waals surface area contributed by atoms with E-state index in [1.165, 1.54) is 70.6 Å². The standard InChI is InChI=1S/C17H36O2/c1-3-5-7-9-11-13-15-17-19-18-16-14-12-10-8-6-4-2/h3-17H2,1-2H3. The summed E-state index contributed by atoms with van der Waals surface area (Å²) < 4.78 is 0. The molecule has 0 amide bonds. The second kappa shape index (κ2) is 17.9. The zero-order chi connectivity index (χ0) is 14.0. The summed E-state index contributed by atoms with van der Waals surface area (Å²) in [7, 11) is 0. The fraction of sp³-hybridized carbons (Fsp3) is 1.00. The predicted molar refractivity (Wildman–Crippen MR) is 83.3 cm³/mol. The number of hydrogen-bond donors (Lipinski definition) is 0. The van der Waals surface area contributed by atoms with E-state index in [1.807, 2.05) is 0 Å². The van der Waals surface area contributed by atoms with Crippen LogP contribution in [-0.4, -0.2) is 13.2 Å². The van der Waals surface area contributed by atoms with Gasteiger partial charge in [0.2, 0.25) is 0 Å². The third-order valence-electron chi connectivity index (χ3n) is 3.50. The minimum atomic E-state index is 0.766. The van der Waals surface area contributed by atoms with Crippen molar-refractivity contribution in [3.05, 3.63) is 0 Å². The van der Waals surface area contributed by atoms with Crippen LogP contribution in [0.25, 0.3) is 0 Å². The minimum absolute atomic E-state index is 0.766. The highest BCUT2D eigenvalue weighted by Crippen LogP contribution is 2.07. The molecule has 0 atom stereocenters. The van der Waals surface area contributed by atoms with Crippen LogP contribution in [0, 0.1) is 0 Å². The normalized spacial score (nSPS) is 11.1. The topological polar surface area (TPSA) is 18.5 Å². The van der Waals surface area contributed by atoms with Crippen molar-refractivity contribution in [2.45, 2.75) is 97.3 Å². The summed E-state index contributed by atoms with van der Waals surface area (Å²) in [5, 5.41) is 0. The summed E-state index contributed by atoms with van der Waals surface area (Å²) in [6, 6.07) is 0. The van der Waals surface area contributed by atoms with Gasteiger partial charge < -0.3 is 0 Å². The summed E-state index contributed by atoms with van der Waals surface area (Å²) in [6.45, 7) is 6.04. The van der Waals surface area contributed by atoms with Gasteiger partial charge in [0.1, 0.15) is 0 Å². The molecule has 0 aliphatic carbocycles. The van der Waals surface area contributed by atoms with Crippen LogP contribution in [0.4, 0.5) is 0 Å². The fourth-order valence-corrected chi connectivity index (χ4v) is 2.18. The van der Waals surface area contributed by atoms with E-state index < -0.39 is 0 Å². The number of hydrogen-bond acceptors (Lipinski definition) is 2. The van der Waals surface area contributed by atoms with Gasteiger partial charge in [-0.1, -0.05) is 84.5 Å². The molecule has 2 heteroatoms. The highest BCUT2D eigenvalue weighted by Gasteiger charge is 1.94. The summed E-state index contributed by atoms with van der Waals surface area (Å²) in [5.74, 6) is 0. The van der Waals surface area contributed by atoms with Gasteiger partial charge in [0.15, 0.2) is 0 Å². The molecule has 0 fully saturated rings. The van der Waals surface area contributed by atoms with Gasteiger partial charge in [0.05, 0.1) is 13.2 Å². The molecule has 0 radical (unpaired) electrons. The molecule has 0 aliphatic heterocycles. The monoisotopic (exact) mass is 272 g/mol. The summed E-state index contributed by atoms with van der Waals surface area (Å²) >= 11 is 0. The second-order valence-electron chi connectivity index (χ2n) is 5.53. The molecular weight excluding hydrogens is 236 g/mol. The van der Waals surface area contributed by atoms with Crippen LogP contribution in [0.5, 0.6) is 0 Å². The van der Waals surface area contributed by atoms with Gasteiger partial charge in [-0.2, -0.15) is 0 Å². The molecule has 0 aromatic carbocycles. The minimum Gasteiger partial charge on any atom is -0.237 e. The molecule has 0 N–H and O–H groups in total. The van der Waals surface area contributed by atoms with Crippen molar-refractivity contribution in [1.29, 1.82) is 0 Å². The quantitative estimate of drug-likeness (QED) is 0.193. The Morgan fingerprint density at radius 3 is 1.11 bits per heavy atom. The molecule has 0 aromatic heterocycles. The van der Waals surface area contributed by atoms with Crippen molar-refractivity contribution in [1.82, 2.24) is 0 Å². The maximum absolute atomic E-state index is 5.19. The molecule has 0 unspecified atom stereocenters. The van der Waals surface area contributed by atoms with E-state index in [0.717, 1.165) is 26.1 Å². The highest BCUT2D eigenvalue weighted by molar-refractivity contribution is 4.44. The zero-order valence-corrected chi connectivity index (χ0v) is 13.4. The van der Waals surface area contributed by atoms with Crippen LogP contribution in [0.15, 0.2) is 0 Å². The van der Waals surface area contributed by atoms with Crippen molar-refractivity contribution >= 4 is 0 Å². The Morgan fingerprint density at radius 2 is 0.737 bits per heavy atom. The van der Waals surface area contributed by atoms with Crippen LogP contribution in [0.2, 0.25) is 0 Å². The van der Waals surface area contributed by atoms with Crippen LogP contribution in [0.3, 0.4) is 0 Å². The van der Waals surface area contributed by atoms with Gasteiger partial charge in [0.25, 0.3) is 0 Å². The lowest BCUT2D eigenvalue weighted by molar-refractivity contribution is -0.295. The van der Waals surface area contributed by atoms with E-state index in [2.05, 4.69) is 13.8 Å². The summed E-state index contributed by atoms with van der Waals surface area (Å²) in [5.41, 5.74) is 0. The molecule has 0 aliphatic rings. The molecule has 0 rings (SSSR count). The van der Waals surface area contributed by atoms with Crippen molar-refractivity contribution in [2.75, 3.05) is 13.2 Å². The van der Waals surface area contributed by atoms with E-state index in [0.29, 0.717) is 0 Å². The lowest BCUT2D eigenvalue weighted by atomic mass is 10.1. The van der Waals surface area contributed by atoms with Gasteiger partial charge in [-0.15, -0.1) is 0 Å². The van der Waals surface area contributed by atoms with E-state index in [1.54, 1.807) is 0 Å². The lowest BCUT2D eigenvalue weighted by Gasteiger charge is -2.04. The van der Waals surface area contributed by atoms with Gasteiger partial charge in [-0.05, 0) is 12.8 Å². The Hall–Kier alpha value is -0.0800. The molecule has 0 saturated heterocycles. The maximum atomic E-state index is 5.19. The zero-order valence-electron chi connectivity index (χ0n) is 13.4. The molecule has 0 saturated carbocycles. The van der Waals surface area contributed by atoms with Crippen molar-refractivity contribution in [2.24, 2.45) is 0 Å². The average molecular weight is 272 g/mol. The Bertz CT molecular complexity index is 132. The average Bonchev–Trinajstić information content (AvgIpc) is 2.43. The van der Waals surface area contributed by atoms with E-state index in [-0.39, 0.29) is 0 Å². The largest absolute Gasteiger partial charge is 0.237 e. The number of unbranched alkanes of at least 4 members (excludes halogenated alkanes) is 11. The molecule has 0 spiro atoms. The number of rotatable bonds is 16. The first-order valence-corrected chi connectivity index (χ1v) is 8.66. The third kappa shape index (κ3) is 17.9. The Kier molecular flexibility index (Phi) is 17.8. The molecule has 0 bridgehead atoms. The molecule has 0 heterocycles. The van der Waals surface area contributed by atoms with Crippen LogP contribution in [-0.2, 0) is 9.78 Å². The van der Waals surface area contributed by atoms with E-state index in [4.69, 9.17) is 9.78 Å². The van der Waals surface area contributed by atoms with Gasteiger partial charge in [0, 0.05) is 0 Å². The lowest BCUT2D eigenvalue weighted by Crippen LogP contribution is -1.99.